The van der Waals surface area contributed by atoms with Crippen molar-refractivity contribution < 1.29 is 9.53 Å². The SMILES string of the molecule is CC(C)(C)OC(=O)N1CCC(n2c(=O)[nH]c3cnc(Nc4ccccc4)nc32)CC1. The summed E-state index contributed by atoms with van der Waals surface area (Å²) in [5, 5.41) is 3.16. The minimum Gasteiger partial charge on any atom is -0.444 e. The maximum atomic E-state index is 12.6. The van der Waals surface area contributed by atoms with Crippen molar-refractivity contribution >= 4 is 28.9 Å². The maximum Gasteiger partial charge on any atom is 0.410 e. The van der Waals surface area contributed by atoms with E-state index in [-0.39, 0.29) is 17.8 Å². The molecule has 1 amide bonds. The number of nitrogens with zero attached hydrogens (tertiary/aromatic N) is 4. The van der Waals surface area contributed by atoms with Gasteiger partial charge in [-0.05, 0) is 45.7 Å². The van der Waals surface area contributed by atoms with E-state index in [0.717, 1.165) is 5.69 Å². The van der Waals surface area contributed by atoms with E-state index < -0.39 is 5.60 Å². The minimum absolute atomic E-state index is 0.0515. The van der Waals surface area contributed by atoms with E-state index in [2.05, 4.69) is 20.3 Å². The highest BCUT2D eigenvalue weighted by atomic mass is 16.6. The summed E-state index contributed by atoms with van der Waals surface area (Å²) in [5.74, 6) is 0.424. The first-order chi connectivity index (χ1) is 14.3. The predicted molar refractivity (Wildman–Crippen MR) is 114 cm³/mol. The van der Waals surface area contributed by atoms with Crippen molar-refractivity contribution in [3.8, 4) is 0 Å². The van der Waals surface area contributed by atoms with Crippen molar-refractivity contribution in [1.82, 2.24) is 24.4 Å². The van der Waals surface area contributed by atoms with Crippen LogP contribution >= 0.6 is 0 Å². The molecule has 1 aliphatic rings. The second-order valence-corrected chi connectivity index (χ2v) is 8.42. The van der Waals surface area contributed by atoms with Crippen LogP contribution in [-0.2, 0) is 4.74 Å². The summed E-state index contributed by atoms with van der Waals surface area (Å²) in [5.41, 5.74) is 1.28. The Morgan fingerprint density at radius 1 is 1.20 bits per heavy atom. The third kappa shape index (κ3) is 4.29. The lowest BCUT2D eigenvalue weighted by Gasteiger charge is -2.33. The third-order valence-electron chi connectivity index (χ3n) is 4.97. The van der Waals surface area contributed by atoms with Gasteiger partial charge in [-0.15, -0.1) is 0 Å². The second-order valence-electron chi connectivity index (χ2n) is 8.42. The van der Waals surface area contributed by atoms with Crippen molar-refractivity contribution in [3.63, 3.8) is 0 Å². The maximum absolute atomic E-state index is 12.6. The van der Waals surface area contributed by atoms with Crippen molar-refractivity contribution in [1.29, 1.82) is 0 Å². The topological polar surface area (TPSA) is 105 Å². The summed E-state index contributed by atoms with van der Waals surface area (Å²) in [6.45, 7) is 6.61. The number of piperidine rings is 1. The van der Waals surface area contributed by atoms with Crippen LogP contribution in [0, 0.1) is 0 Å². The normalized spacial score (nSPS) is 15.4. The number of aromatic nitrogens is 4. The first-order valence-corrected chi connectivity index (χ1v) is 10.1. The van der Waals surface area contributed by atoms with Gasteiger partial charge in [-0.3, -0.25) is 4.57 Å². The van der Waals surface area contributed by atoms with Gasteiger partial charge in [-0.25, -0.2) is 14.6 Å². The van der Waals surface area contributed by atoms with Gasteiger partial charge in [0.1, 0.15) is 11.1 Å². The number of benzene rings is 1. The lowest BCUT2D eigenvalue weighted by Crippen LogP contribution is -2.43. The van der Waals surface area contributed by atoms with Gasteiger partial charge >= 0.3 is 11.8 Å². The number of likely N-dealkylation sites (tertiary alicyclic amines) is 1. The van der Waals surface area contributed by atoms with Gasteiger partial charge in [-0.2, -0.15) is 4.98 Å². The number of ether oxygens (including phenoxy) is 1. The fourth-order valence-electron chi connectivity index (χ4n) is 3.60. The minimum atomic E-state index is -0.527. The van der Waals surface area contributed by atoms with Crippen molar-refractivity contribution in [2.45, 2.75) is 45.3 Å². The smallest absolute Gasteiger partial charge is 0.410 e. The van der Waals surface area contributed by atoms with E-state index in [1.807, 2.05) is 51.1 Å². The molecule has 3 aromatic rings. The molecule has 0 spiro atoms. The average molecular weight is 410 g/mol. The number of nitrogens with one attached hydrogen (secondary N) is 2. The highest BCUT2D eigenvalue weighted by Gasteiger charge is 2.29. The molecule has 1 fully saturated rings. The van der Waals surface area contributed by atoms with Crippen molar-refractivity contribution in [2.24, 2.45) is 0 Å². The largest absolute Gasteiger partial charge is 0.444 e. The first kappa shape index (κ1) is 19.9. The molecule has 158 valence electrons. The molecule has 4 rings (SSSR count). The van der Waals surface area contributed by atoms with E-state index in [0.29, 0.717) is 43.0 Å². The Kier molecular flexibility index (Phi) is 5.19. The molecule has 9 nitrogen and oxygen atoms in total. The number of rotatable bonds is 3. The third-order valence-corrected chi connectivity index (χ3v) is 4.97. The zero-order valence-electron chi connectivity index (χ0n) is 17.4. The molecule has 1 aromatic carbocycles. The molecule has 0 unspecified atom stereocenters. The fourth-order valence-corrected chi connectivity index (χ4v) is 3.60. The Hall–Kier alpha value is -3.36. The standard InChI is InChI=1S/C21H26N6O3/c1-21(2,3)30-20(29)26-11-9-15(10-12-26)27-17-16(24-19(27)28)13-22-18(25-17)23-14-7-5-4-6-8-14/h4-8,13,15H,9-12H2,1-3H3,(H,24,28)(H,22,23,25). The van der Waals surface area contributed by atoms with Gasteiger partial charge < -0.3 is 19.9 Å². The van der Waals surface area contributed by atoms with E-state index in [1.165, 1.54) is 0 Å². The Morgan fingerprint density at radius 2 is 1.90 bits per heavy atom. The number of carbonyl (C=O) groups excluding carboxylic acids is 1. The molecule has 0 saturated carbocycles. The molecule has 3 heterocycles. The number of fused-ring (bicyclic) bond motifs is 1. The molecule has 9 heteroatoms. The first-order valence-electron chi connectivity index (χ1n) is 10.1. The molecule has 30 heavy (non-hydrogen) atoms. The van der Waals surface area contributed by atoms with Crippen LogP contribution in [0.2, 0.25) is 0 Å². The number of hydrogen-bond acceptors (Lipinski definition) is 6. The lowest BCUT2D eigenvalue weighted by atomic mass is 10.1. The predicted octanol–water partition coefficient (Wildman–Crippen LogP) is 3.44. The van der Waals surface area contributed by atoms with Gasteiger partial charge in [0.25, 0.3) is 0 Å². The van der Waals surface area contributed by atoms with Crippen LogP contribution in [0.1, 0.15) is 39.7 Å². The van der Waals surface area contributed by atoms with Gasteiger partial charge in [0.2, 0.25) is 5.95 Å². The molecule has 2 N–H and O–H groups in total. The van der Waals surface area contributed by atoms with Crippen LogP contribution in [0.5, 0.6) is 0 Å². The number of para-hydroxylation sites is 1. The summed E-state index contributed by atoms with van der Waals surface area (Å²) >= 11 is 0. The molecule has 1 saturated heterocycles. The Labute approximate surface area is 174 Å². The van der Waals surface area contributed by atoms with Crippen molar-refractivity contribution in [2.75, 3.05) is 18.4 Å². The van der Waals surface area contributed by atoms with Crippen LogP contribution in [0.3, 0.4) is 0 Å². The summed E-state index contributed by atoms with van der Waals surface area (Å²) in [7, 11) is 0. The molecule has 0 atom stereocenters. The molecule has 0 aliphatic carbocycles. The molecular formula is C21H26N6O3. The molecule has 2 aromatic heterocycles. The van der Waals surface area contributed by atoms with E-state index in [9.17, 15) is 9.59 Å². The summed E-state index contributed by atoms with van der Waals surface area (Å²) < 4.78 is 7.13. The Bertz CT molecular complexity index is 1090. The van der Waals surface area contributed by atoms with Crippen molar-refractivity contribution in [3.05, 3.63) is 47.0 Å². The highest BCUT2D eigenvalue weighted by molar-refractivity contribution is 5.72. The van der Waals surface area contributed by atoms with Crippen LogP contribution in [0.15, 0.2) is 41.3 Å². The number of carbonyl (C=O) groups is 1. The van der Waals surface area contributed by atoms with Gasteiger partial charge in [0, 0.05) is 24.8 Å². The fraction of sp³-hybridized carbons (Fsp3) is 0.429. The number of aromatic amines is 1. The van der Waals surface area contributed by atoms with Gasteiger partial charge in [0.05, 0.1) is 6.20 Å². The number of anilines is 2. The molecule has 1 aliphatic heterocycles. The lowest BCUT2D eigenvalue weighted by molar-refractivity contribution is 0.0189. The van der Waals surface area contributed by atoms with E-state index in [4.69, 9.17) is 4.74 Å². The number of amides is 1. The van der Waals surface area contributed by atoms with Crippen LogP contribution in [-0.4, -0.2) is 49.2 Å². The zero-order chi connectivity index (χ0) is 21.3. The second kappa shape index (κ2) is 7.81. The summed E-state index contributed by atoms with van der Waals surface area (Å²) in [4.78, 5) is 38.3. The van der Waals surface area contributed by atoms with E-state index >= 15 is 0 Å². The van der Waals surface area contributed by atoms with Gasteiger partial charge in [0.15, 0.2) is 5.65 Å². The summed E-state index contributed by atoms with van der Waals surface area (Å²) in [6.07, 6.45) is 2.60. The monoisotopic (exact) mass is 410 g/mol. The summed E-state index contributed by atoms with van der Waals surface area (Å²) in [6, 6.07) is 9.57. The highest BCUT2D eigenvalue weighted by Crippen LogP contribution is 2.25. The number of imidazole rings is 1. The Morgan fingerprint density at radius 3 is 2.57 bits per heavy atom. The van der Waals surface area contributed by atoms with E-state index in [1.54, 1.807) is 15.7 Å². The molecular weight excluding hydrogens is 384 g/mol. The molecule has 0 bridgehead atoms. The van der Waals surface area contributed by atoms with Crippen LogP contribution < -0.4 is 11.0 Å². The average Bonchev–Trinajstić information content (AvgIpc) is 3.03. The number of H-pyrrole nitrogens is 1. The van der Waals surface area contributed by atoms with Gasteiger partial charge in [-0.1, -0.05) is 18.2 Å². The van der Waals surface area contributed by atoms with Crippen LogP contribution in [0.4, 0.5) is 16.4 Å². The van der Waals surface area contributed by atoms with Crippen LogP contribution in [0.25, 0.3) is 11.2 Å². The molecule has 0 radical (unpaired) electrons. The number of hydrogen-bond donors (Lipinski definition) is 2. The Balaban J connectivity index is 1.53. The zero-order valence-corrected chi connectivity index (χ0v) is 17.4. The quantitative estimate of drug-likeness (QED) is 0.685.